The molecule has 0 aromatic carbocycles. The zero-order valence-electron chi connectivity index (χ0n) is 11.3. The largest absolute Gasteiger partial charge is 0.394 e. The molecule has 1 amide bonds. The monoisotopic (exact) mass is 267 g/mol. The summed E-state index contributed by atoms with van der Waals surface area (Å²) < 4.78 is 0. The van der Waals surface area contributed by atoms with Crippen LogP contribution in [-0.2, 0) is 12.8 Å². The number of aliphatic hydroxyl groups excluding tert-OH is 1. The predicted molar refractivity (Wildman–Crippen MR) is 74.1 cm³/mol. The molecule has 1 aliphatic rings. The lowest BCUT2D eigenvalue weighted by molar-refractivity contribution is 0.0681. The average Bonchev–Trinajstić information content (AvgIpc) is 2.78. The van der Waals surface area contributed by atoms with Crippen LogP contribution in [0.2, 0.25) is 0 Å². The second-order valence-corrected chi connectivity index (χ2v) is 6.31. The molecular formula is C14H21NO2S. The molecule has 3 nitrogen and oxygen atoms in total. The Morgan fingerprint density at radius 3 is 3.06 bits per heavy atom. The van der Waals surface area contributed by atoms with Crippen LogP contribution in [0.1, 0.15) is 41.1 Å². The third kappa shape index (κ3) is 2.45. The smallest absolute Gasteiger partial charge is 0.255 e. The number of hydrogen-bond acceptors (Lipinski definition) is 3. The Balaban J connectivity index is 2.22. The molecular weight excluding hydrogens is 246 g/mol. The fourth-order valence-electron chi connectivity index (χ4n) is 2.37. The Morgan fingerprint density at radius 1 is 1.67 bits per heavy atom. The zero-order valence-corrected chi connectivity index (χ0v) is 12.1. The quantitative estimate of drug-likeness (QED) is 0.913. The normalized spacial score (nSPS) is 20.3. The van der Waals surface area contributed by atoms with Crippen molar-refractivity contribution in [2.45, 2.75) is 39.2 Å². The van der Waals surface area contributed by atoms with Crippen LogP contribution in [0.25, 0.3) is 0 Å². The number of aliphatic hydroxyl groups is 1. The van der Waals surface area contributed by atoms with Gasteiger partial charge in [0.1, 0.15) is 0 Å². The fourth-order valence-corrected chi connectivity index (χ4v) is 3.61. The first-order valence-corrected chi connectivity index (χ1v) is 7.39. The molecule has 0 saturated carbocycles. The van der Waals surface area contributed by atoms with Crippen LogP contribution >= 0.6 is 11.3 Å². The average molecular weight is 267 g/mol. The molecule has 18 heavy (non-hydrogen) atoms. The van der Waals surface area contributed by atoms with Crippen molar-refractivity contribution in [2.75, 3.05) is 13.7 Å². The summed E-state index contributed by atoms with van der Waals surface area (Å²) in [6.07, 6.45) is 3.29. The molecule has 0 radical (unpaired) electrons. The highest BCUT2D eigenvalue weighted by molar-refractivity contribution is 7.10. The Labute approximate surface area is 112 Å². The number of amides is 1. The maximum absolute atomic E-state index is 12.4. The van der Waals surface area contributed by atoms with Crippen LogP contribution in [0.5, 0.6) is 0 Å². The highest BCUT2D eigenvalue weighted by Gasteiger charge is 2.26. The third-order valence-electron chi connectivity index (χ3n) is 3.88. The number of thiophene rings is 1. The van der Waals surface area contributed by atoms with Crippen LogP contribution < -0.4 is 0 Å². The summed E-state index contributed by atoms with van der Waals surface area (Å²) in [5, 5.41) is 11.1. The molecule has 1 aliphatic carbocycles. The number of carbonyl (C=O) groups is 1. The van der Waals surface area contributed by atoms with E-state index in [1.807, 2.05) is 12.3 Å². The summed E-state index contributed by atoms with van der Waals surface area (Å²) in [6.45, 7) is 4.13. The van der Waals surface area contributed by atoms with Crippen LogP contribution in [0.3, 0.4) is 0 Å². The maximum atomic E-state index is 12.4. The van der Waals surface area contributed by atoms with E-state index in [4.69, 9.17) is 5.11 Å². The molecule has 1 N–H and O–H groups in total. The van der Waals surface area contributed by atoms with Crippen molar-refractivity contribution in [3.8, 4) is 0 Å². The molecule has 1 aromatic heterocycles. The first-order chi connectivity index (χ1) is 8.54. The molecule has 1 heterocycles. The molecule has 4 heteroatoms. The molecule has 0 saturated heterocycles. The standard InChI is InChI=1S/C14H21NO2S/c1-9-4-5-11-12(8-18-13(11)6-9)14(17)15(3)10(2)7-16/h8-10,16H,4-7H2,1-3H3. The number of carbonyl (C=O) groups excluding carboxylic acids is 1. The lowest BCUT2D eigenvalue weighted by Crippen LogP contribution is -2.37. The van der Waals surface area contributed by atoms with Gasteiger partial charge in [0, 0.05) is 17.3 Å². The van der Waals surface area contributed by atoms with E-state index < -0.39 is 0 Å². The third-order valence-corrected chi connectivity index (χ3v) is 4.93. The van der Waals surface area contributed by atoms with Crippen LogP contribution in [0.4, 0.5) is 0 Å². The Bertz CT molecular complexity index is 441. The van der Waals surface area contributed by atoms with Gasteiger partial charge in [-0.15, -0.1) is 11.3 Å². The van der Waals surface area contributed by atoms with Gasteiger partial charge in [0.2, 0.25) is 0 Å². The minimum atomic E-state index is -0.129. The van der Waals surface area contributed by atoms with E-state index in [9.17, 15) is 4.79 Å². The van der Waals surface area contributed by atoms with Gasteiger partial charge in [-0.1, -0.05) is 6.92 Å². The highest BCUT2D eigenvalue weighted by atomic mass is 32.1. The van der Waals surface area contributed by atoms with E-state index in [1.54, 1.807) is 23.3 Å². The van der Waals surface area contributed by atoms with E-state index in [-0.39, 0.29) is 18.6 Å². The van der Waals surface area contributed by atoms with Crippen molar-refractivity contribution in [1.29, 1.82) is 0 Å². The molecule has 0 bridgehead atoms. The van der Waals surface area contributed by atoms with Crippen LogP contribution in [0, 0.1) is 5.92 Å². The van der Waals surface area contributed by atoms with Gasteiger partial charge in [-0.25, -0.2) is 0 Å². The second kappa shape index (κ2) is 5.41. The summed E-state index contributed by atoms with van der Waals surface area (Å²) in [7, 11) is 1.76. The molecule has 100 valence electrons. The SMILES string of the molecule is CC1CCc2c(C(=O)N(C)C(C)CO)csc2C1. The van der Waals surface area contributed by atoms with E-state index in [2.05, 4.69) is 6.92 Å². The lowest BCUT2D eigenvalue weighted by atomic mass is 9.88. The Hall–Kier alpha value is -0.870. The van der Waals surface area contributed by atoms with Crippen LogP contribution in [-0.4, -0.2) is 35.6 Å². The fraction of sp³-hybridized carbons (Fsp3) is 0.643. The summed E-state index contributed by atoms with van der Waals surface area (Å²) >= 11 is 1.71. The van der Waals surface area contributed by atoms with E-state index >= 15 is 0 Å². The van der Waals surface area contributed by atoms with Crippen molar-refractivity contribution in [3.05, 3.63) is 21.4 Å². The summed E-state index contributed by atoms with van der Waals surface area (Å²) in [6, 6.07) is -0.129. The predicted octanol–water partition coefficient (Wildman–Crippen LogP) is 2.33. The van der Waals surface area contributed by atoms with E-state index in [0.29, 0.717) is 0 Å². The van der Waals surface area contributed by atoms with Gasteiger partial charge >= 0.3 is 0 Å². The number of nitrogens with zero attached hydrogens (tertiary/aromatic N) is 1. The van der Waals surface area contributed by atoms with Crippen molar-refractivity contribution in [1.82, 2.24) is 4.90 Å². The van der Waals surface area contributed by atoms with Crippen molar-refractivity contribution in [2.24, 2.45) is 5.92 Å². The highest BCUT2D eigenvalue weighted by Crippen LogP contribution is 2.33. The summed E-state index contributed by atoms with van der Waals surface area (Å²) in [5.74, 6) is 0.775. The summed E-state index contributed by atoms with van der Waals surface area (Å²) in [5.41, 5.74) is 2.10. The molecule has 1 aromatic rings. The minimum Gasteiger partial charge on any atom is -0.394 e. The molecule has 0 aliphatic heterocycles. The van der Waals surface area contributed by atoms with Crippen molar-refractivity contribution >= 4 is 17.2 Å². The summed E-state index contributed by atoms with van der Waals surface area (Å²) in [4.78, 5) is 15.4. The molecule has 0 spiro atoms. The topological polar surface area (TPSA) is 40.5 Å². The molecule has 2 unspecified atom stereocenters. The van der Waals surface area contributed by atoms with Gasteiger partial charge < -0.3 is 10.0 Å². The lowest BCUT2D eigenvalue weighted by Gasteiger charge is -2.24. The first-order valence-electron chi connectivity index (χ1n) is 6.51. The van der Waals surface area contributed by atoms with Gasteiger partial charge in [-0.3, -0.25) is 4.79 Å². The van der Waals surface area contributed by atoms with Crippen LogP contribution in [0.15, 0.2) is 5.38 Å². The van der Waals surface area contributed by atoms with Gasteiger partial charge in [0.15, 0.2) is 0 Å². The van der Waals surface area contributed by atoms with Crippen molar-refractivity contribution < 1.29 is 9.90 Å². The van der Waals surface area contributed by atoms with Gasteiger partial charge in [0.05, 0.1) is 18.2 Å². The zero-order chi connectivity index (χ0) is 13.3. The van der Waals surface area contributed by atoms with E-state index in [0.717, 1.165) is 24.3 Å². The van der Waals surface area contributed by atoms with E-state index in [1.165, 1.54) is 16.9 Å². The van der Waals surface area contributed by atoms with Gasteiger partial charge in [-0.2, -0.15) is 0 Å². The Morgan fingerprint density at radius 2 is 2.39 bits per heavy atom. The van der Waals surface area contributed by atoms with Crippen molar-refractivity contribution in [3.63, 3.8) is 0 Å². The molecule has 2 rings (SSSR count). The first kappa shape index (κ1) is 13.6. The Kier molecular flexibility index (Phi) is 4.07. The maximum Gasteiger partial charge on any atom is 0.255 e. The molecule has 2 atom stereocenters. The number of hydrogen-bond donors (Lipinski definition) is 1. The van der Waals surface area contributed by atoms with Gasteiger partial charge in [0.25, 0.3) is 5.91 Å². The second-order valence-electron chi connectivity index (χ2n) is 5.35. The number of rotatable bonds is 3. The van der Waals surface area contributed by atoms with Gasteiger partial charge in [-0.05, 0) is 37.7 Å². The number of fused-ring (bicyclic) bond motifs is 1. The number of likely N-dealkylation sites (N-methyl/N-ethyl adjacent to an activating group) is 1. The minimum absolute atomic E-state index is 0.00556. The molecule has 0 fully saturated rings.